The molecule has 3 aromatic rings. The average Bonchev–Trinajstić information content (AvgIpc) is 3.15. The molecular weight excluding hydrogens is 342 g/mol. The Morgan fingerprint density at radius 1 is 1.11 bits per heavy atom. The second-order valence-electron chi connectivity index (χ2n) is 6.91. The zero-order valence-electron chi connectivity index (χ0n) is 15.4. The van der Waals surface area contributed by atoms with Crippen LogP contribution in [0, 0.1) is 5.92 Å². The molecular formula is C21H23N3O3. The monoisotopic (exact) mass is 365 g/mol. The highest BCUT2D eigenvalue weighted by molar-refractivity contribution is 5.92. The highest BCUT2D eigenvalue weighted by Crippen LogP contribution is 2.18. The number of nitrogens with zero attached hydrogens (tertiary/aromatic N) is 2. The number of aliphatic carboxylic acids is 1. The van der Waals surface area contributed by atoms with Crippen molar-refractivity contribution in [2.24, 2.45) is 5.92 Å². The summed E-state index contributed by atoms with van der Waals surface area (Å²) < 4.78 is 1.69. The highest BCUT2D eigenvalue weighted by atomic mass is 16.4. The molecule has 1 heterocycles. The summed E-state index contributed by atoms with van der Waals surface area (Å²) in [7, 11) is 0. The predicted molar refractivity (Wildman–Crippen MR) is 104 cm³/mol. The first kappa shape index (κ1) is 18.6. The molecule has 140 valence electrons. The molecule has 6 heteroatoms. The van der Waals surface area contributed by atoms with Gasteiger partial charge in [-0.05, 0) is 42.7 Å². The summed E-state index contributed by atoms with van der Waals surface area (Å²) in [6.45, 7) is 3.99. The van der Waals surface area contributed by atoms with E-state index < -0.39 is 11.9 Å². The number of carboxylic acid groups (broad SMARTS) is 1. The van der Waals surface area contributed by atoms with Crippen LogP contribution in [0.25, 0.3) is 10.8 Å². The first-order chi connectivity index (χ1) is 12.9. The molecule has 0 saturated heterocycles. The number of benzene rings is 2. The Hall–Kier alpha value is -3.15. The third kappa shape index (κ3) is 4.53. The van der Waals surface area contributed by atoms with E-state index in [1.165, 1.54) is 0 Å². The van der Waals surface area contributed by atoms with Crippen LogP contribution in [0.15, 0.2) is 54.7 Å². The molecule has 1 aromatic heterocycles. The minimum atomic E-state index is -0.934. The van der Waals surface area contributed by atoms with Gasteiger partial charge in [-0.15, -0.1) is 0 Å². The van der Waals surface area contributed by atoms with Gasteiger partial charge in [0.25, 0.3) is 5.91 Å². The molecule has 6 nitrogen and oxygen atoms in total. The molecule has 0 aliphatic rings. The fourth-order valence-electron chi connectivity index (χ4n) is 2.95. The Kier molecular flexibility index (Phi) is 5.54. The van der Waals surface area contributed by atoms with Gasteiger partial charge in [-0.1, -0.05) is 42.5 Å². The minimum absolute atomic E-state index is 0.0511. The summed E-state index contributed by atoms with van der Waals surface area (Å²) in [6.07, 6.45) is 2.09. The molecule has 0 aliphatic heterocycles. The van der Waals surface area contributed by atoms with Crippen molar-refractivity contribution in [3.05, 3.63) is 66.0 Å². The minimum Gasteiger partial charge on any atom is -0.481 e. The van der Waals surface area contributed by atoms with Crippen LogP contribution in [0.2, 0.25) is 0 Å². The lowest BCUT2D eigenvalue weighted by Crippen LogP contribution is -2.34. The average molecular weight is 365 g/mol. The van der Waals surface area contributed by atoms with Gasteiger partial charge in [0.05, 0.1) is 5.92 Å². The van der Waals surface area contributed by atoms with Crippen molar-refractivity contribution >= 4 is 22.6 Å². The molecule has 1 atom stereocenters. The summed E-state index contributed by atoms with van der Waals surface area (Å²) >= 11 is 0. The van der Waals surface area contributed by atoms with Crippen molar-refractivity contribution in [1.82, 2.24) is 15.1 Å². The quantitative estimate of drug-likeness (QED) is 0.673. The van der Waals surface area contributed by atoms with Crippen molar-refractivity contribution in [1.29, 1.82) is 0 Å². The third-order valence-electron chi connectivity index (χ3n) is 4.52. The molecule has 0 spiro atoms. The van der Waals surface area contributed by atoms with Crippen LogP contribution in [0.1, 0.15) is 35.9 Å². The molecule has 2 N–H and O–H groups in total. The van der Waals surface area contributed by atoms with Gasteiger partial charge in [0, 0.05) is 18.8 Å². The molecule has 0 aliphatic carbocycles. The molecule has 0 radical (unpaired) electrons. The maximum absolute atomic E-state index is 12.3. The standard InChI is InChI=1S/C21H23N3O3/c1-14(2)24-10-9-19(23-24)20(25)22-13-18(21(26)27)12-15-7-8-16-5-3-4-6-17(16)11-15/h3-11,14,18H,12-13H2,1-2H3,(H,22,25)(H,26,27). The maximum Gasteiger partial charge on any atom is 0.308 e. The fraction of sp³-hybridized carbons (Fsp3) is 0.286. The zero-order chi connectivity index (χ0) is 19.4. The highest BCUT2D eigenvalue weighted by Gasteiger charge is 2.20. The van der Waals surface area contributed by atoms with Gasteiger partial charge in [-0.3, -0.25) is 14.3 Å². The molecule has 0 bridgehead atoms. The van der Waals surface area contributed by atoms with Gasteiger partial charge in [0.1, 0.15) is 5.69 Å². The largest absolute Gasteiger partial charge is 0.481 e. The number of rotatable bonds is 7. The van der Waals surface area contributed by atoms with E-state index in [9.17, 15) is 14.7 Å². The maximum atomic E-state index is 12.3. The van der Waals surface area contributed by atoms with E-state index in [2.05, 4.69) is 10.4 Å². The number of fused-ring (bicyclic) bond motifs is 1. The van der Waals surface area contributed by atoms with Gasteiger partial charge >= 0.3 is 5.97 Å². The van der Waals surface area contributed by atoms with Crippen LogP contribution in [-0.2, 0) is 11.2 Å². The van der Waals surface area contributed by atoms with E-state index in [0.717, 1.165) is 16.3 Å². The predicted octanol–water partition coefficient (Wildman–Crippen LogP) is 3.29. The molecule has 27 heavy (non-hydrogen) atoms. The number of amides is 1. The Morgan fingerprint density at radius 2 is 1.85 bits per heavy atom. The topological polar surface area (TPSA) is 84.2 Å². The number of carbonyl (C=O) groups excluding carboxylic acids is 1. The lowest BCUT2D eigenvalue weighted by atomic mass is 9.97. The molecule has 0 saturated carbocycles. The van der Waals surface area contributed by atoms with Crippen molar-refractivity contribution in [3.63, 3.8) is 0 Å². The van der Waals surface area contributed by atoms with Crippen LogP contribution in [0.4, 0.5) is 0 Å². The number of aromatic nitrogens is 2. The number of carbonyl (C=O) groups is 2. The Labute approximate surface area is 157 Å². The van der Waals surface area contributed by atoms with Crippen LogP contribution in [-0.4, -0.2) is 33.3 Å². The summed E-state index contributed by atoms with van der Waals surface area (Å²) in [5.41, 5.74) is 1.22. The lowest BCUT2D eigenvalue weighted by molar-refractivity contribution is -0.141. The zero-order valence-corrected chi connectivity index (χ0v) is 15.4. The first-order valence-corrected chi connectivity index (χ1v) is 8.98. The van der Waals surface area contributed by atoms with E-state index in [1.807, 2.05) is 56.3 Å². The smallest absolute Gasteiger partial charge is 0.308 e. The first-order valence-electron chi connectivity index (χ1n) is 8.98. The summed E-state index contributed by atoms with van der Waals surface area (Å²) in [6, 6.07) is 15.7. The van der Waals surface area contributed by atoms with Crippen molar-refractivity contribution in [2.45, 2.75) is 26.3 Å². The van der Waals surface area contributed by atoms with Crippen LogP contribution < -0.4 is 5.32 Å². The summed E-state index contributed by atoms with van der Waals surface area (Å²) in [4.78, 5) is 23.9. The molecule has 0 fully saturated rings. The molecule has 2 aromatic carbocycles. The van der Waals surface area contributed by atoms with Crippen molar-refractivity contribution in [2.75, 3.05) is 6.54 Å². The fourth-order valence-corrected chi connectivity index (χ4v) is 2.95. The van der Waals surface area contributed by atoms with E-state index in [-0.39, 0.29) is 18.5 Å². The molecule has 1 amide bonds. The summed E-state index contributed by atoms with van der Waals surface area (Å²) in [5.74, 6) is -2.00. The number of carboxylic acids is 1. The number of hydrogen-bond acceptors (Lipinski definition) is 3. The van der Waals surface area contributed by atoms with E-state index in [0.29, 0.717) is 12.1 Å². The Balaban J connectivity index is 1.66. The SMILES string of the molecule is CC(C)n1ccc(C(=O)NCC(Cc2ccc3ccccc3c2)C(=O)O)n1. The van der Waals surface area contributed by atoms with Crippen LogP contribution in [0.3, 0.4) is 0 Å². The van der Waals surface area contributed by atoms with Gasteiger partial charge < -0.3 is 10.4 Å². The normalized spacial score (nSPS) is 12.3. The molecule has 1 unspecified atom stereocenters. The Morgan fingerprint density at radius 3 is 2.52 bits per heavy atom. The third-order valence-corrected chi connectivity index (χ3v) is 4.52. The van der Waals surface area contributed by atoms with Gasteiger partial charge in [-0.25, -0.2) is 0 Å². The van der Waals surface area contributed by atoms with E-state index >= 15 is 0 Å². The van der Waals surface area contributed by atoms with Crippen LogP contribution >= 0.6 is 0 Å². The Bertz CT molecular complexity index is 962. The van der Waals surface area contributed by atoms with E-state index in [4.69, 9.17) is 0 Å². The number of nitrogens with one attached hydrogen (secondary N) is 1. The van der Waals surface area contributed by atoms with E-state index in [1.54, 1.807) is 16.9 Å². The van der Waals surface area contributed by atoms with Crippen molar-refractivity contribution < 1.29 is 14.7 Å². The van der Waals surface area contributed by atoms with Gasteiger partial charge in [0.15, 0.2) is 0 Å². The lowest BCUT2D eigenvalue weighted by Gasteiger charge is -2.14. The number of hydrogen-bond donors (Lipinski definition) is 2. The van der Waals surface area contributed by atoms with Crippen molar-refractivity contribution in [3.8, 4) is 0 Å². The van der Waals surface area contributed by atoms with Crippen LogP contribution in [0.5, 0.6) is 0 Å². The summed E-state index contributed by atoms with van der Waals surface area (Å²) in [5, 5.41) is 18.6. The van der Waals surface area contributed by atoms with Gasteiger partial charge in [0.2, 0.25) is 0 Å². The second kappa shape index (κ2) is 8.03. The molecule has 3 rings (SSSR count). The van der Waals surface area contributed by atoms with Gasteiger partial charge in [-0.2, -0.15) is 5.10 Å². The second-order valence-corrected chi connectivity index (χ2v) is 6.91.